The standard InChI is InChI=1S/C20H25N3O2S/c1-12-5-3-4-6-16(12)22-20(25)14-9-19(24)23(11-14)15-7-8-18-17(10-15)21-13(2)26-18/h7-8,10,12,14,16H,3-6,9,11H2,1-2H3,(H,22,25). The summed E-state index contributed by atoms with van der Waals surface area (Å²) in [6.45, 7) is 4.65. The highest BCUT2D eigenvalue weighted by molar-refractivity contribution is 7.18. The van der Waals surface area contributed by atoms with E-state index in [1.54, 1.807) is 16.2 Å². The van der Waals surface area contributed by atoms with Crippen LogP contribution in [0.4, 0.5) is 5.69 Å². The molecule has 2 amide bonds. The maximum Gasteiger partial charge on any atom is 0.227 e. The smallest absolute Gasteiger partial charge is 0.227 e. The molecule has 1 N–H and O–H groups in total. The summed E-state index contributed by atoms with van der Waals surface area (Å²) in [4.78, 5) is 31.5. The van der Waals surface area contributed by atoms with Crippen LogP contribution in [0.2, 0.25) is 0 Å². The lowest BCUT2D eigenvalue weighted by atomic mass is 9.85. The second kappa shape index (κ2) is 6.99. The second-order valence-electron chi connectivity index (χ2n) is 7.67. The topological polar surface area (TPSA) is 62.3 Å². The third-order valence-electron chi connectivity index (χ3n) is 5.72. The van der Waals surface area contributed by atoms with Crippen molar-refractivity contribution in [1.82, 2.24) is 10.3 Å². The molecule has 3 unspecified atom stereocenters. The van der Waals surface area contributed by atoms with Crippen LogP contribution in [-0.4, -0.2) is 29.4 Å². The SMILES string of the molecule is Cc1nc2cc(N3CC(C(=O)NC4CCCCC4C)CC3=O)ccc2s1. The Labute approximate surface area is 157 Å². The summed E-state index contributed by atoms with van der Waals surface area (Å²) in [5.41, 5.74) is 1.76. The molecule has 5 nitrogen and oxygen atoms in total. The van der Waals surface area contributed by atoms with Crippen LogP contribution in [0.25, 0.3) is 10.2 Å². The number of nitrogens with one attached hydrogen (secondary N) is 1. The Kier molecular flexibility index (Phi) is 4.69. The number of carbonyl (C=O) groups is 2. The predicted octanol–water partition coefficient (Wildman–Crippen LogP) is 3.65. The first-order valence-electron chi connectivity index (χ1n) is 9.49. The van der Waals surface area contributed by atoms with Crippen molar-refractivity contribution in [3.8, 4) is 0 Å². The number of anilines is 1. The Balaban J connectivity index is 1.46. The molecular formula is C20H25N3O2S. The Hall–Kier alpha value is -1.95. The highest BCUT2D eigenvalue weighted by Gasteiger charge is 2.36. The van der Waals surface area contributed by atoms with Gasteiger partial charge in [-0.15, -0.1) is 11.3 Å². The van der Waals surface area contributed by atoms with E-state index in [1.807, 2.05) is 25.1 Å². The number of nitrogens with zero attached hydrogens (tertiary/aromatic N) is 2. The minimum Gasteiger partial charge on any atom is -0.353 e. The Bertz CT molecular complexity index is 847. The van der Waals surface area contributed by atoms with E-state index in [1.165, 1.54) is 19.3 Å². The van der Waals surface area contributed by atoms with Gasteiger partial charge >= 0.3 is 0 Å². The average molecular weight is 372 g/mol. The Morgan fingerprint density at radius 2 is 2.12 bits per heavy atom. The van der Waals surface area contributed by atoms with Gasteiger partial charge in [0, 0.05) is 24.7 Å². The molecule has 1 saturated heterocycles. The van der Waals surface area contributed by atoms with E-state index >= 15 is 0 Å². The van der Waals surface area contributed by atoms with Gasteiger partial charge in [-0.05, 0) is 43.9 Å². The lowest BCUT2D eigenvalue weighted by Crippen LogP contribution is -2.44. The van der Waals surface area contributed by atoms with Gasteiger partial charge in [-0.25, -0.2) is 4.98 Å². The number of aromatic nitrogens is 1. The minimum atomic E-state index is -0.260. The maximum absolute atomic E-state index is 12.7. The fourth-order valence-electron chi connectivity index (χ4n) is 4.16. The summed E-state index contributed by atoms with van der Waals surface area (Å²) >= 11 is 1.65. The van der Waals surface area contributed by atoms with Crippen molar-refractivity contribution >= 4 is 39.1 Å². The fraction of sp³-hybridized carbons (Fsp3) is 0.550. The molecule has 26 heavy (non-hydrogen) atoms. The van der Waals surface area contributed by atoms with Crippen LogP contribution in [-0.2, 0) is 9.59 Å². The van der Waals surface area contributed by atoms with Crippen LogP contribution in [0, 0.1) is 18.8 Å². The lowest BCUT2D eigenvalue weighted by Gasteiger charge is -2.30. The van der Waals surface area contributed by atoms with Crippen LogP contribution in [0.5, 0.6) is 0 Å². The number of hydrogen-bond acceptors (Lipinski definition) is 4. The van der Waals surface area contributed by atoms with Crippen LogP contribution >= 0.6 is 11.3 Å². The first-order valence-corrected chi connectivity index (χ1v) is 10.3. The van der Waals surface area contributed by atoms with Crippen molar-refractivity contribution in [2.24, 2.45) is 11.8 Å². The summed E-state index contributed by atoms with van der Waals surface area (Å²) in [7, 11) is 0. The van der Waals surface area contributed by atoms with Crippen molar-refractivity contribution in [1.29, 1.82) is 0 Å². The van der Waals surface area contributed by atoms with Crippen molar-refractivity contribution < 1.29 is 9.59 Å². The first-order chi connectivity index (χ1) is 12.5. The number of hydrogen-bond donors (Lipinski definition) is 1. The van der Waals surface area contributed by atoms with Crippen LogP contribution in [0.1, 0.15) is 44.0 Å². The van der Waals surface area contributed by atoms with Gasteiger partial charge in [0.05, 0.1) is 21.1 Å². The molecule has 2 fully saturated rings. The fourth-order valence-corrected chi connectivity index (χ4v) is 4.97. The predicted molar refractivity (Wildman–Crippen MR) is 104 cm³/mol. The molecule has 0 radical (unpaired) electrons. The van der Waals surface area contributed by atoms with E-state index in [-0.39, 0.29) is 23.8 Å². The van der Waals surface area contributed by atoms with Gasteiger partial charge in [-0.1, -0.05) is 19.8 Å². The van der Waals surface area contributed by atoms with E-state index in [0.717, 1.165) is 27.3 Å². The van der Waals surface area contributed by atoms with Gasteiger partial charge in [-0.2, -0.15) is 0 Å². The van der Waals surface area contributed by atoms with Gasteiger partial charge in [0.15, 0.2) is 0 Å². The van der Waals surface area contributed by atoms with E-state index in [4.69, 9.17) is 0 Å². The largest absolute Gasteiger partial charge is 0.353 e. The van der Waals surface area contributed by atoms with E-state index in [2.05, 4.69) is 17.2 Å². The molecule has 2 aromatic rings. The average Bonchev–Trinajstić information content (AvgIpc) is 3.18. The lowest BCUT2D eigenvalue weighted by molar-refractivity contribution is -0.127. The van der Waals surface area contributed by atoms with Crippen molar-refractivity contribution in [2.45, 2.75) is 52.0 Å². The number of rotatable bonds is 3. The second-order valence-corrected chi connectivity index (χ2v) is 8.90. The highest BCUT2D eigenvalue weighted by atomic mass is 32.1. The molecule has 6 heteroatoms. The van der Waals surface area contributed by atoms with Gasteiger partial charge < -0.3 is 10.2 Å². The molecule has 1 aliphatic heterocycles. The molecule has 138 valence electrons. The number of carbonyl (C=O) groups excluding carboxylic acids is 2. The van der Waals surface area contributed by atoms with Gasteiger partial charge in [0.25, 0.3) is 0 Å². The molecule has 4 rings (SSSR count). The quantitative estimate of drug-likeness (QED) is 0.896. The van der Waals surface area contributed by atoms with Crippen LogP contribution in [0.3, 0.4) is 0 Å². The van der Waals surface area contributed by atoms with Gasteiger partial charge in [0.2, 0.25) is 11.8 Å². The van der Waals surface area contributed by atoms with E-state index in [9.17, 15) is 9.59 Å². The number of benzene rings is 1. The summed E-state index contributed by atoms with van der Waals surface area (Å²) in [5, 5.41) is 4.22. The Morgan fingerprint density at radius 3 is 2.92 bits per heavy atom. The number of amides is 2. The molecule has 1 aliphatic carbocycles. The summed E-state index contributed by atoms with van der Waals surface area (Å²) in [6, 6.07) is 6.19. The zero-order valence-electron chi connectivity index (χ0n) is 15.3. The molecule has 1 aromatic heterocycles. The van der Waals surface area contributed by atoms with Gasteiger partial charge in [0.1, 0.15) is 0 Å². The van der Waals surface area contributed by atoms with E-state index in [0.29, 0.717) is 18.9 Å². The molecule has 1 aromatic carbocycles. The zero-order chi connectivity index (χ0) is 18.3. The van der Waals surface area contributed by atoms with Crippen molar-refractivity contribution in [3.05, 3.63) is 23.2 Å². The molecule has 2 heterocycles. The van der Waals surface area contributed by atoms with Crippen LogP contribution < -0.4 is 10.2 Å². The molecule has 2 aliphatic rings. The van der Waals surface area contributed by atoms with E-state index < -0.39 is 0 Å². The molecule has 3 atom stereocenters. The molecule has 1 saturated carbocycles. The maximum atomic E-state index is 12.7. The first kappa shape index (κ1) is 17.5. The minimum absolute atomic E-state index is 0.0214. The monoisotopic (exact) mass is 371 g/mol. The molecular weight excluding hydrogens is 346 g/mol. The third-order valence-corrected chi connectivity index (χ3v) is 6.68. The summed E-state index contributed by atoms with van der Waals surface area (Å²) < 4.78 is 1.12. The van der Waals surface area contributed by atoms with Crippen molar-refractivity contribution in [3.63, 3.8) is 0 Å². The third kappa shape index (κ3) is 3.34. The number of thiazole rings is 1. The Morgan fingerprint density at radius 1 is 1.31 bits per heavy atom. The summed E-state index contributed by atoms with van der Waals surface area (Å²) in [6.07, 6.45) is 4.95. The number of fused-ring (bicyclic) bond motifs is 1. The highest BCUT2D eigenvalue weighted by Crippen LogP contribution is 2.31. The zero-order valence-corrected chi connectivity index (χ0v) is 16.1. The van der Waals surface area contributed by atoms with Crippen molar-refractivity contribution in [2.75, 3.05) is 11.4 Å². The summed E-state index contributed by atoms with van der Waals surface area (Å²) in [5.74, 6) is 0.319. The number of aryl methyl sites for hydroxylation is 1. The van der Waals surface area contributed by atoms with Gasteiger partial charge in [-0.3, -0.25) is 9.59 Å². The molecule has 0 bridgehead atoms. The molecule has 0 spiro atoms. The normalized spacial score (nSPS) is 26.5. The van der Waals surface area contributed by atoms with Crippen LogP contribution in [0.15, 0.2) is 18.2 Å².